The topological polar surface area (TPSA) is 73.8 Å². The molecule has 0 radical (unpaired) electrons. The Bertz CT molecular complexity index is 807. The van der Waals surface area contributed by atoms with Gasteiger partial charge in [-0.05, 0) is 122 Å². The van der Waals surface area contributed by atoms with Gasteiger partial charge in [0.15, 0.2) is 0 Å². The third-order valence-corrected chi connectivity index (χ3v) is 12.8. The van der Waals surface area contributed by atoms with Crippen molar-refractivity contribution in [3.8, 4) is 0 Å². The second-order valence-corrected chi connectivity index (χ2v) is 18.9. The van der Waals surface area contributed by atoms with Gasteiger partial charge in [-0.3, -0.25) is 0 Å². The van der Waals surface area contributed by atoms with Crippen molar-refractivity contribution in [2.75, 3.05) is 0 Å². The molecule has 47 heavy (non-hydrogen) atoms. The molecule has 2 aliphatic carbocycles. The maximum atomic E-state index is 6.24. The van der Waals surface area contributed by atoms with Gasteiger partial charge in [-0.25, -0.2) is 19.6 Å². The van der Waals surface area contributed by atoms with E-state index in [1.807, 2.05) is 0 Å². The van der Waals surface area contributed by atoms with Crippen molar-refractivity contribution in [1.29, 1.82) is 0 Å². The van der Waals surface area contributed by atoms with Crippen LogP contribution < -0.4 is 0 Å². The average Bonchev–Trinajstić information content (AvgIpc) is 2.97. The van der Waals surface area contributed by atoms with Crippen LogP contribution in [-0.2, 0) is 39.1 Å². The summed E-state index contributed by atoms with van der Waals surface area (Å²) in [6.07, 6.45) is 6.61. The predicted octanol–water partition coefficient (Wildman–Crippen LogP) is 11.3. The van der Waals surface area contributed by atoms with Gasteiger partial charge in [0.05, 0.1) is 0 Å². The van der Waals surface area contributed by atoms with Crippen LogP contribution in [-0.4, -0.2) is 34.0 Å². The molecule has 0 atom stereocenters. The number of hydrogen-bond acceptors (Lipinski definition) is 8. The van der Waals surface area contributed by atoms with Crippen molar-refractivity contribution in [3.05, 3.63) is 0 Å². The monoisotopic (exact) mass is 673 g/mol. The van der Waals surface area contributed by atoms with Crippen LogP contribution in [0.15, 0.2) is 0 Å². The van der Waals surface area contributed by atoms with Crippen molar-refractivity contribution >= 4 is 0 Å². The Morgan fingerprint density at radius 1 is 0.383 bits per heavy atom. The Labute approximate surface area is 289 Å². The molecule has 0 aromatic carbocycles. The van der Waals surface area contributed by atoms with E-state index in [-0.39, 0.29) is 29.1 Å². The van der Waals surface area contributed by atoms with Crippen LogP contribution in [0.4, 0.5) is 0 Å². The maximum absolute atomic E-state index is 6.24. The fourth-order valence-electron chi connectivity index (χ4n) is 5.42. The van der Waals surface area contributed by atoms with Crippen LogP contribution in [0.2, 0.25) is 0 Å². The van der Waals surface area contributed by atoms with Crippen molar-refractivity contribution < 1.29 is 39.1 Å². The molecule has 0 amide bonds. The Morgan fingerprint density at radius 2 is 0.574 bits per heavy atom. The van der Waals surface area contributed by atoms with Gasteiger partial charge in [0.25, 0.3) is 0 Å². The third kappa shape index (κ3) is 11.3. The number of rotatable bonds is 18. The first-order valence-electron chi connectivity index (χ1n) is 18.7. The van der Waals surface area contributed by atoms with Crippen LogP contribution in [0.1, 0.15) is 176 Å². The van der Waals surface area contributed by atoms with E-state index in [2.05, 4.69) is 125 Å². The third-order valence-electron chi connectivity index (χ3n) is 12.8. The standard InChI is InChI=1S/C39H76O8/c1-27(2)34(11,12)40-44-38(45-41-35(13,14)28(3)4)23-19-31(20-24-38)33(9,10)32-21-25-39(26-22-32,46-42-36(15,16)29(5)6)47-43-37(17,18)30(7)8/h27-32H,19-26H2,1-18H3. The maximum Gasteiger partial charge on any atom is 0.234 e. The molecule has 2 fully saturated rings. The zero-order valence-electron chi connectivity index (χ0n) is 33.9. The van der Waals surface area contributed by atoms with E-state index in [0.717, 1.165) is 25.7 Å². The molecule has 8 heteroatoms. The minimum absolute atomic E-state index is 0.0879. The van der Waals surface area contributed by atoms with Gasteiger partial charge in [-0.15, -0.1) is 0 Å². The molecule has 0 heterocycles. The van der Waals surface area contributed by atoms with E-state index >= 15 is 0 Å². The lowest BCUT2D eigenvalue weighted by molar-refractivity contribution is -0.554. The van der Waals surface area contributed by atoms with E-state index in [9.17, 15) is 0 Å². The minimum atomic E-state index is -0.949. The molecule has 0 aliphatic heterocycles. The van der Waals surface area contributed by atoms with Gasteiger partial charge in [-0.1, -0.05) is 69.2 Å². The van der Waals surface area contributed by atoms with Gasteiger partial charge in [-0.2, -0.15) is 19.6 Å². The summed E-state index contributed by atoms with van der Waals surface area (Å²) in [4.78, 5) is 49.3. The summed E-state index contributed by atoms with van der Waals surface area (Å²) < 4.78 is 0. The molecule has 8 nitrogen and oxygen atoms in total. The first kappa shape index (κ1) is 42.8. The lowest BCUT2D eigenvalue weighted by atomic mass is 9.60. The minimum Gasteiger partial charge on any atom is -0.227 e. The average molecular weight is 673 g/mol. The molecular weight excluding hydrogens is 596 g/mol. The first-order valence-corrected chi connectivity index (χ1v) is 18.7. The second-order valence-electron chi connectivity index (χ2n) is 18.9. The van der Waals surface area contributed by atoms with Crippen LogP contribution in [0, 0.1) is 40.9 Å². The molecular formula is C39H76O8. The Balaban J connectivity index is 2.17. The lowest BCUT2D eigenvalue weighted by Gasteiger charge is -2.50. The molecule has 0 aromatic rings. The summed E-state index contributed by atoms with van der Waals surface area (Å²) >= 11 is 0. The highest BCUT2D eigenvalue weighted by atomic mass is 17.3. The van der Waals surface area contributed by atoms with Gasteiger partial charge in [0.2, 0.25) is 11.6 Å². The summed E-state index contributed by atoms with van der Waals surface area (Å²) in [6, 6.07) is 0. The summed E-state index contributed by atoms with van der Waals surface area (Å²) in [5.41, 5.74) is -1.74. The second kappa shape index (κ2) is 15.9. The van der Waals surface area contributed by atoms with Gasteiger partial charge >= 0.3 is 0 Å². The Morgan fingerprint density at radius 3 is 0.745 bits per heavy atom. The highest BCUT2D eigenvalue weighted by Crippen LogP contribution is 2.53. The summed E-state index contributed by atoms with van der Waals surface area (Å²) in [5.74, 6) is 0.188. The van der Waals surface area contributed by atoms with Crippen molar-refractivity contribution in [1.82, 2.24) is 0 Å². The molecule has 280 valence electrons. The van der Waals surface area contributed by atoms with Gasteiger partial charge in [0.1, 0.15) is 22.4 Å². The Hall–Kier alpha value is -0.320. The summed E-state index contributed by atoms with van der Waals surface area (Å²) in [6.45, 7) is 38.4. The first-order chi connectivity index (χ1) is 21.2. The largest absolute Gasteiger partial charge is 0.234 e. The van der Waals surface area contributed by atoms with Crippen molar-refractivity contribution in [3.63, 3.8) is 0 Å². The molecule has 2 rings (SSSR count). The van der Waals surface area contributed by atoms with Crippen LogP contribution in [0.5, 0.6) is 0 Å². The fraction of sp³-hybridized carbons (Fsp3) is 1.00. The molecule has 0 N–H and O–H groups in total. The smallest absolute Gasteiger partial charge is 0.227 e. The summed E-state index contributed by atoms with van der Waals surface area (Å²) in [7, 11) is 0. The normalized spacial score (nSPS) is 21.1. The fourth-order valence-corrected chi connectivity index (χ4v) is 5.42. The van der Waals surface area contributed by atoms with Gasteiger partial charge in [0, 0.05) is 25.7 Å². The molecule has 2 saturated carbocycles. The zero-order valence-corrected chi connectivity index (χ0v) is 33.9. The van der Waals surface area contributed by atoms with Crippen LogP contribution in [0.25, 0.3) is 0 Å². The molecule has 0 saturated heterocycles. The number of hydrogen-bond donors (Lipinski definition) is 0. The van der Waals surface area contributed by atoms with E-state index in [0.29, 0.717) is 37.5 Å². The van der Waals surface area contributed by atoms with E-state index in [4.69, 9.17) is 39.1 Å². The molecule has 0 bridgehead atoms. The highest BCUT2D eigenvalue weighted by Gasteiger charge is 2.51. The SMILES string of the molecule is CC(C)C(C)(C)OOC1(OOC(C)(C)C(C)C)CCC(C(C)(C)C2CCC(OOC(C)(C)C(C)C)(OOC(C)(C)C(C)C)CC2)CC1. The molecule has 0 aromatic heterocycles. The molecule has 0 unspecified atom stereocenters. The van der Waals surface area contributed by atoms with E-state index < -0.39 is 34.0 Å². The highest BCUT2D eigenvalue weighted by molar-refractivity contribution is 4.94. The quantitative estimate of drug-likeness (QED) is 0.0809. The van der Waals surface area contributed by atoms with Crippen molar-refractivity contribution in [2.45, 2.75) is 210 Å². The summed E-state index contributed by atoms with van der Waals surface area (Å²) in [5, 5.41) is 0. The van der Waals surface area contributed by atoms with E-state index in [1.54, 1.807) is 0 Å². The molecule has 0 spiro atoms. The molecule has 2 aliphatic rings. The van der Waals surface area contributed by atoms with Crippen molar-refractivity contribution in [2.24, 2.45) is 40.9 Å². The lowest BCUT2D eigenvalue weighted by Crippen LogP contribution is -2.50. The zero-order chi connectivity index (χ0) is 36.3. The predicted molar refractivity (Wildman–Crippen MR) is 188 cm³/mol. The van der Waals surface area contributed by atoms with E-state index in [1.165, 1.54) is 0 Å². The Kier molecular flexibility index (Phi) is 14.5. The van der Waals surface area contributed by atoms with Gasteiger partial charge < -0.3 is 0 Å². The van der Waals surface area contributed by atoms with Crippen LogP contribution >= 0.6 is 0 Å². The van der Waals surface area contributed by atoms with Crippen LogP contribution in [0.3, 0.4) is 0 Å².